The quantitative estimate of drug-likeness (QED) is 0.641. The molecule has 3 rings (SSSR count). The lowest BCUT2D eigenvalue weighted by atomic mass is 9.98. The van der Waals surface area contributed by atoms with Gasteiger partial charge >= 0.3 is 0 Å². The average molecular weight is 330 g/mol. The van der Waals surface area contributed by atoms with Crippen molar-refractivity contribution in [2.24, 2.45) is 17.6 Å². The van der Waals surface area contributed by atoms with E-state index in [1.807, 2.05) is 17.0 Å². The number of ketones is 1. The first kappa shape index (κ1) is 17.0. The Morgan fingerprint density at radius 3 is 2.88 bits per heavy atom. The third kappa shape index (κ3) is 3.78. The molecule has 3 unspecified atom stereocenters. The van der Waals surface area contributed by atoms with E-state index in [1.54, 1.807) is 12.1 Å². The number of likely N-dealkylation sites (tertiary alicyclic amines) is 1. The van der Waals surface area contributed by atoms with Crippen molar-refractivity contribution in [2.75, 3.05) is 19.7 Å². The zero-order chi connectivity index (χ0) is 17.1. The molecule has 1 heterocycles. The Morgan fingerprint density at radius 2 is 2.12 bits per heavy atom. The highest BCUT2D eigenvalue weighted by molar-refractivity contribution is 5.94. The van der Waals surface area contributed by atoms with Gasteiger partial charge in [0.2, 0.25) is 5.91 Å². The number of hydrogen-bond acceptors (Lipinski definition) is 4. The van der Waals surface area contributed by atoms with Crippen molar-refractivity contribution >= 4 is 11.7 Å². The summed E-state index contributed by atoms with van der Waals surface area (Å²) in [6, 6.07) is 7.42. The van der Waals surface area contributed by atoms with Crippen molar-refractivity contribution < 1.29 is 14.3 Å². The van der Waals surface area contributed by atoms with Crippen LogP contribution in [0.25, 0.3) is 0 Å². The van der Waals surface area contributed by atoms with Gasteiger partial charge in [-0.2, -0.15) is 0 Å². The fourth-order valence-corrected chi connectivity index (χ4v) is 3.89. The Hall–Kier alpha value is -1.88. The standard InChI is InChI=1S/C19H26N2O3/c1-13(22)14-4-2-5-16(10-14)24-9-3-6-19(23)21-11-15-7-8-18(20)17(15)12-21/h2,4-5,10,15,17-18H,3,6-9,11-12,20H2,1H3. The number of nitrogens with zero attached hydrogens (tertiary/aromatic N) is 1. The van der Waals surface area contributed by atoms with E-state index in [0.717, 1.165) is 25.9 Å². The summed E-state index contributed by atoms with van der Waals surface area (Å²) in [5.74, 6) is 2.01. The first-order valence-electron chi connectivity index (χ1n) is 8.82. The molecular weight excluding hydrogens is 304 g/mol. The fourth-order valence-electron chi connectivity index (χ4n) is 3.89. The van der Waals surface area contributed by atoms with Gasteiger partial charge in [0.1, 0.15) is 5.75 Å². The molecule has 1 amide bonds. The van der Waals surface area contributed by atoms with Gasteiger partial charge < -0.3 is 15.4 Å². The predicted molar refractivity (Wildman–Crippen MR) is 91.9 cm³/mol. The topological polar surface area (TPSA) is 72.6 Å². The van der Waals surface area contributed by atoms with Gasteiger partial charge in [-0.3, -0.25) is 9.59 Å². The summed E-state index contributed by atoms with van der Waals surface area (Å²) >= 11 is 0. The summed E-state index contributed by atoms with van der Waals surface area (Å²) in [6.45, 7) is 3.72. The lowest BCUT2D eigenvalue weighted by molar-refractivity contribution is -0.130. The molecule has 0 aromatic heterocycles. The van der Waals surface area contributed by atoms with Crippen LogP contribution >= 0.6 is 0 Å². The Bertz CT molecular complexity index is 616. The molecule has 0 bridgehead atoms. The van der Waals surface area contributed by atoms with Gasteiger partial charge in [-0.05, 0) is 50.2 Å². The van der Waals surface area contributed by atoms with Crippen molar-refractivity contribution in [3.05, 3.63) is 29.8 Å². The molecule has 5 heteroatoms. The number of amides is 1. The van der Waals surface area contributed by atoms with Crippen LogP contribution in [0.4, 0.5) is 0 Å². The van der Waals surface area contributed by atoms with Gasteiger partial charge in [0, 0.05) is 31.1 Å². The zero-order valence-corrected chi connectivity index (χ0v) is 14.2. The second kappa shape index (κ2) is 7.34. The predicted octanol–water partition coefficient (Wildman–Crippen LogP) is 2.24. The first-order chi connectivity index (χ1) is 11.5. The number of rotatable bonds is 6. The number of hydrogen-bond donors (Lipinski definition) is 1. The van der Waals surface area contributed by atoms with Gasteiger partial charge in [0.15, 0.2) is 5.78 Å². The smallest absolute Gasteiger partial charge is 0.222 e. The van der Waals surface area contributed by atoms with Crippen LogP contribution in [0.15, 0.2) is 24.3 Å². The van der Waals surface area contributed by atoms with Crippen LogP contribution in [0.2, 0.25) is 0 Å². The number of Topliss-reactive ketones (excluding diaryl/α,β-unsaturated/α-hetero) is 1. The molecule has 1 aromatic carbocycles. The van der Waals surface area contributed by atoms with Gasteiger partial charge in [-0.25, -0.2) is 0 Å². The molecule has 0 radical (unpaired) electrons. The van der Waals surface area contributed by atoms with Gasteiger partial charge in [-0.15, -0.1) is 0 Å². The number of carbonyl (C=O) groups is 2. The Labute approximate surface area is 143 Å². The van der Waals surface area contributed by atoms with E-state index in [9.17, 15) is 9.59 Å². The maximum absolute atomic E-state index is 12.3. The Morgan fingerprint density at radius 1 is 1.29 bits per heavy atom. The maximum atomic E-state index is 12.3. The number of benzene rings is 1. The van der Waals surface area contributed by atoms with Crippen LogP contribution in [0.5, 0.6) is 5.75 Å². The van der Waals surface area contributed by atoms with E-state index in [2.05, 4.69) is 0 Å². The van der Waals surface area contributed by atoms with Crippen molar-refractivity contribution in [1.82, 2.24) is 4.90 Å². The lowest BCUT2D eigenvalue weighted by Crippen LogP contribution is -2.33. The molecule has 1 saturated carbocycles. The largest absolute Gasteiger partial charge is 0.494 e. The molecule has 0 spiro atoms. The number of nitrogens with two attached hydrogens (primary N) is 1. The van der Waals surface area contributed by atoms with E-state index in [-0.39, 0.29) is 17.7 Å². The van der Waals surface area contributed by atoms with Crippen molar-refractivity contribution in [3.8, 4) is 5.75 Å². The van der Waals surface area contributed by atoms with Gasteiger partial charge in [-0.1, -0.05) is 12.1 Å². The number of fused-ring (bicyclic) bond motifs is 1. The fraction of sp³-hybridized carbons (Fsp3) is 0.579. The third-order valence-electron chi connectivity index (χ3n) is 5.31. The van der Waals surface area contributed by atoms with E-state index in [4.69, 9.17) is 10.5 Å². The number of carbonyl (C=O) groups excluding carboxylic acids is 2. The molecule has 2 aliphatic rings. The second-order valence-corrected chi connectivity index (χ2v) is 7.00. The first-order valence-corrected chi connectivity index (χ1v) is 8.82. The van der Waals surface area contributed by atoms with Crippen molar-refractivity contribution in [1.29, 1.82) is 0 Å². The molecule has 130 valence electrons. The molecule has 1 aliphatic heterocycles. The van der Waals surface area contributed by atoms with Crippen molar-refractivity contribution in [2.45, 2.75) is 38.6 Å². The SMILES string of the molecule is CC(=O)c1cccc(OCCCC(=O)N2CC3CCC(N)C3C2)c1. The molecule has 1 aliphatic carbocycles. The van der Waals surface area contributed by atoms with Crippen LogP contribution in [0, 0.1) is 11.8 Å². The van der Waals surface area contributed by atoms with Crippen molar-refractivity contribution in [3.63, 3.8) is 0 Å². The van der Waals surface area contributed by atoms with Crippen LogP contribution in [0.3, 0.4) is 0 Å². The normalized spacial score (nSPS) is 25.6. The molecule has 1 saturated heterocycles. The van der Waals surface area contributed by atoms with E-state index >= 15 is 0 Å². The Balaban J connectivity index is 1.40. The minimum Gasteiger partial charge on any atom is -0.494 e. The molecular formula is C19H26N2O3. The van der Waals surface area contributed by atoms with E-state index < -0.39 is 0 Å². The highest BCUT2D eigenvalue weighted by atomic mass is 16.5. The van der Waals surface area contributed by atoms with Crippen LogP contribution < -0.4 is 10.5 Å². The summed E-state index contributed by atoms with van der Waals surface area (Å²) in [7, 11) is 0. The minimum absolute atomic E-state index is 0.0217. The molecule has 24 heavy (non-hydrogen) atoms. The summed E-state index contributed by atoms with van der Waals surface area (Å²) in [5.41, 5.74) is 6.76. The molecule has 5 nitrogen and oxygen atoms in total. The van der Waals surface area contributed by atoms with E-state index in [1.165, 1.54) is 6.92 Å². The monoisotopic (exact) mass is 330 g/mol. The number of ether oxygens (including phenoxy) is 1. The summed E-state index contributed by atoms with van der Waals surface area (Å²) in [5, 5.41) is 0. The molecule has 2 N–H and O–H groups in total. The van der Waals surface area contributed by atoms with Gasteiger partial charge in [0.25, 0.3) is 0 Å². The van der Waals surface area contributed by atoms with Crippen LogP contribution in [-0.4, -0.2) is 42.3 Å². The lowest BCUT2D eigenvalue weighted by Gasteiger charge is -2.18. The average Bonchev–Trinajstić information content (AvgIpc) is 3.14. The molecule has 3 atom stereocenters. The zero-order valence-electron chi connectivity index (χ0n) is 14.2. The van der Waals surface area contributed by atoms with Crippen LogP contribution in [-0.2, 0) is 4.79 Å². The maximum Gasteiger partial charge on any atom is 0.222 e. The van der Waals surface area contributed by atoms with Crippen LogP contribution in [0.1, 0.15) is 43.0 Å². The highest BCUT2D eigenvalue weighted by Crippen LogP contribution is 2.37. The Kier molecular flexibility index (Phi) is 5.19. The highest BCUT2D eigenvalue weighted by Gasteiger charge is 2.42. The molecule has 1 aromatic rings. The van der Waals surface area contributed by atoms with Gasteiger partial charge in [0.05, 0.1) is 6.61 Å². The second-order valence-electron chi connectivity index (χ2n) is 7.00. The third-order valence-corrected chi connectivity index (χ3v) is 5.31. The van der Waals surface area contributed by atoms with E-state index in [0.29, 0.717) is 42.6 Å². The summed E-state index contributed by atoms with van der Waals surface area (Å²) in [6.07, 6.45) is 3.44. The minimum atomic E-state index is 0.0217. The molecule has 2 fully saturated rings. The summed E-state index contributed by atoms with van der Waals surface area (Å²) in [4.78, 5) is 25.7. The summed E-state index contributed by atoms with van der Waals surface area (Å²) < 4.78 is 5.66.